The van der Waals surface area contributed by atoms with Gasteiger partial charge in [0.15, 0.2) is 5.89 Å². The second-order valence-corrected chi connectivity index (χ2v) is 7.31. The molecule has 0 bridgehead atoms. The zero-order chi connectivity index (χ0) is 17.9. The molecule has 1 amide bonds. The molecule has 4 rings (SSSR count). The van der Waals surface area contributed by atoms with Crippen LogP contribution in [-0.4, -0.2) is 33.9 Å². The van der Waals surface area contributed by atoms with Crippen molar-refractivity contribution < 1.29 is 13.6 Å². The van der Waals surface area contributed by atoms with E-state index in [1.54, 1.807) is 30.0 Å². The molecule has 1 saturated heterocycles. The summed E-state index contributed by atoms with van der Waals surface area (Å²) in [5.41, 5.74) is 2.64. The van der Waals surface area contributed by atoms with Gasteiger partial charge in [0.25, 0.3) is 5.91 Å². The van der Waals surface area contributed by atoms with E-state index in [1.807, 2.05) is 4.90 Å². The van der Waals surface area contributed by atoms with E-state index in [9.17, 15) is 9.18 Å². The first-order valence-corrected chi connectivity index (χ1v) is 9.44. The van der Waals surface area contributed by atoms with Crippen molar-refractivity contribution in [3.05, 3.63) is 70.1 Å². The fourth-order valence-electron chi connectivity index (χ4n) is 3.24. The predicted molar refractivity (Wildman–Crippen MR) is 95.7 cm³/mol. The van der Waals surface area contributed by atoms with Crippen LogP contribution in [0.25, 0.3) is 0 Å². The number of oxazole rings is 1. The fourth-order valence-corrected chi connectivity index (χ4v) is 3.82. The van der Waals surface area contributed by atoms with Crippen molar-refractivity contribution in [3.8, 4) is 0 Å². The van der Waals surface area contributed by atoms with Gasteiger partial charge < -0.3 is 9.32 Å². The standard InChI is InChI=1S/C19H18FN3O2S/c20-15-5-3-13(4-6-15)8-16-9-22-18(25-16)14-2-1-7-23(11-14)19(24)17-10-21-12-26-17/h3-6,9-10,12,14H,1-2,7-8,11H2/t14-/m0/s1. The van der Waals surface area contributed by atoms with Gasteiger partial charge in [-0.25, -0.2) is 9.37 Å². The predicted octanol–water partition coefficient (Wildman–Crippen LogP) is 3.88. The number of carbonyl (C=O) groups excluding carboxylic acids is 1. The number of hydrogen-bond acceptors (Lipinski definition) is 5. The van der Waals surface area contributed by atoms with Gasteiger partial charge in [0.1, 0.15) is 16.5 Å². The maximum atomic E-state index is 13.0. The van der Waals surface area contributed by atoms with Gasteiger partial charge in [-0.2, -0.15) is 0 Å². The molecule has 134 valence electrons. The molecule has 1 fully saturated rings. The largest absolute Gasteiger partial charge is 0.445 e. The van der Waals surface area contributed by atoms with Crippen LogP contribution in [-0.2, 0) is 6.42 Å². The summed E-state index contributed by atoms with van der Waals surface area (Å²) in [5.74, 6) is 1.29. The Bertz CT molecular complexity index is 877. The molecule has 5 nitrogen and oxygen atoms in total. The number of likely N-dealkylation sites (tertiary alicyclic amines) is 1. The number of aromatic nitrogens is 2. The number of halogens is 1. The lowest BCUT2D eigenvalue weighted by atomic mass is 9.98. The van der Waals surface area contributed by atoms with Crippen molar-refractivity contribution in [2.75, 3.05) is 13.1 Å². The molecule has 0 spiro atoms. The molecule has 1 aromatic carbocycles. The molecule has 7 heteroatoms. The van der Waals surface area contributed by atoms with Crippen LogP contribution in [0.15, 0.2) is 46.6 Å². The normalized spacial score (nSPS) is 17.4. The fraction of sp³-hybridized carbons (Fsp3) is 0.316. The minimum absolute atomic E-state index is 0.0234. The molecule has 0 unspecified atom stereocenters. The lowest BCUT2D eigenvalue weighted by Gasteiger charge is -2.30. The summed E-state index contributed by atoms with van der Waals surface area (Å²) >= 11 is 1.36. The van der Waals surface area contributed by atoms with Gasteiger partial charge in [-0.05, 0) is 30.5 Å². The van der Waals surface area contributed by atoms with Crippen molar-refractivity contribution >= 4 is 17.2 Å². The second-order valence-electron chi connectivity index (χ2n) is 6.42. The molecule has 0 aliphatic carbocycles. The van der Waals surface area contributed by atoms with Crippen molar-refractivity contribution in [1.82, 2.24) is 14.9 Å². The van der Waals surface area contributed by atoms with Gasteiger partial charge in [-0.1, -0.05) is 12.1 Å². The monoisotopic (exact) mass is 371 g/mol. The average Bonchev–Trinajstić information content (AvgIpc) is 3.35. The van der Waals surface area contributed by atoms with Crippen molar-refractivity contribution in [2.24, 2.45) is 0 Å². The highest BCUT2D eigenvalue weighted by molar-refractivity contribution is 7.11. The van der Waals surface area contributed by atoms with E-state index in [0.717, 1.165) is 30.7 Å². The van der Waals surface area contributed by atoms with Gasteiger partial charge in [-0.3, -0.25) is 9.78 Å². The lowest BCUT2D eigenvalue weighted by Crippen LogP contribution is -2.38. The molecule has 0 N–H and O–H groups in total. The SMILES string of the molecule is O=C(c1cncs1)N1CCC[C@H](c2ncc(Cc3ccc(F)cc3)o2)C1. The summed E-state index contributed by atoms with van der Waals surface area (Å²) in [7, 11) is 0. The van der Waals surface area contributed by atoms with Crippen LogP contribution in [0.3, 0.4) is 0 Å². The third kappa shape index (κ3) is 3.67. The third-order valence-corrected chi connectivity index (χ3v) is 5.33. The minimum Gasteiger partial charge on any atom is -0.445 e. The second kappa shape index (κ2) is 7.37. The Labute approximate surface area is 154 Å². The van der Waals surface area contributed by atoms with Gasteiger partial charge >= 0.3 is 0 Å². The highest BCUT2D eigenvalue weighted by Crippen LogP contribution is 2.28. The van der Waals surface area contributed by atoms with Crippen LogP contribution in [0.4, 0.5) is 4.39 Å². The Balaban J connectivity index is 1.43. The number of amides is 1. The molecule has 1 atom stereocenters. The summed E-state index contributed by atoms with van der Waals surface area (Å²) in [6.45, 7) is 1.35. The molecular formula is C19H18FN3O2S. The Kier molecular flexibility index (Phi) is 4.79. The molecule has 3 aromatic rings. The quantitative estimate of drug-likeness (QED) is 0.698. The highest BCUT2D eigenvalue weighted by Gasteiger charge is 2.28. The van der Waals surface area contributed by atoms with E-state index >= 15 is 0 Å². The first-order chi connectivity index (χ1) is 12.7. The smallest absolute Gasteiger partial charge is 0.265 e. The van der Waals surface area contributed by atoms with Crippen LogP contribution < -0.4 is 0 Å². The van der Waals surface area contributed by atoms with Crippen molar-refractivity contribution in [1.29, 1.82) is 0 Å². The number of carbonyl (C=O) groups is 1. The third-order valence-electron chi connectivity index (χ3n) is 4.56. The number of piperidine rings is 1. The molecule has 26 heavy (non-hydrogen) atoms. The van der Waals surface area contributed by atoms with E-state index in [2.05, 4.69) is 9.97 Å². The van der Waals surface area contributed by atoms with Gasteiger partial charge in [-0.15, -0.1) is 11.3 Å². The molecule has 1 aliphatic heterocycles. The Hall–Kier alpha value is -2.54. The lowest BCUT2D eigenvalue weighted by molar-refractivity contribution is 0.0702. The Morgan fingerprint density at radius 3 is 2.92 bits per heavy atom. The van der Waals surface area contributed by atoms with Gasteiger partial charge in [0, 0.05) is 19.5 Å². The topological polar surface area (TPSA) is 59.2 Å². The molecule has 2 aromatic heterocycles. The first kappa shape index (κ1) is 16.9. The first-order valence-electron chi connectivity index (χ1n) is 8.56. The van der Waals surface area contributed by atoms with Gasteiger partial charge in [0.05, 0.1) is 23.8 Å². The highest BCUT2D eigenvalue weighted by atomic mass is 32.1. The number of thiazole rings is 1. The van der Waals surface area contributed by atoms with Crippen LogP contribution in [0.5, 0.6) is 0 Å². The summed E-state index contributed by atoms with van der Waals surface area (Å²) in [4.78, 5) is 23.4. The van der Waals surface area contributed by atoms with Crippen molar-refractivity contribution in [3.63, 3.8) is 0 Å². The van der Waals surface area contributed by atoms with E-state index in [-0.39, 0.29) is 17.6 Å². The van der Waals surface area contributed by atoms with Gasteiger partial charge in [0.2, 0.25) is 0 Å². The summed E-state index contributed by atoms with van der Waals surface area (Å²) in [6, 6.07) is 6.37. The number of benzene rings is 1. The van der Waals surface area contributed by atoms with Crippen molar-refractivity contribution in [2.45, 2.75) is 25.2 Å². The summed E-state index contributed by atoms with van der Waals surface area (Å²) in [5, 5.41) is 0. The van der Waals surface area contributed by atoms with Crippen LogP contribution >= 0.6 is 11.3 Å². The molecule has 3 heterocycles. The average molecular weight is 371 g/mol. The Morgan fingerprint density at radius 1 is 1.31 bits per heavy atom. The van der Waals surface area contributed by atoms with E-state index < -0.39 is 0 Å². The zero-order valence-electron chi connectivity index (χ0n) is 14.1. The van der Waals surface area contributed by atoms with E-state index in [4.69, 9.17) is 4.42 Å². The number of hydrogen-bond donors (Lipinski definition) is 0. The maximum Gasteiger partial charge on any atom is 0.265 e. The number of rotatable bonds is 4. The maximum absolute atomic E-state index is 13.0. The van der Waals surface area contributed by atoms with Crippen LogP contribution in [0.2, 0.25) is 0 Å². The molecule has 0 saturated carbocycles. The summed E-state index contributed by atoms with van der Waals surface area (Å²) < 4.78 is 18.9. The van der Waals surface area contributed by atoms with E-state index in [1.165, 1.54) is 23.5 Å². The Morgan fingerprint density at radius 2 is 2.15 bits per heavy atom. The van der Waals surface area contributed by atoms with Crippen LogP contribution in [0, 0.1) is 5.82 Å². The van der Waals surface area contributed by atoms with E-state index in [0.29, 0.717) is 23.7 Å². The van der Waals surface area contributed by atoms with Crippen LogP contribution in [0.1, 0.15) is 45.6 Å². The molecule has 0 radical (unpaired) electrons. The minimum atomic E-state index is -0.250. The number of nitrogens with zero attached hydrogens (tertiary/aromatic N) is 3. The summed E-state index contributed by atoms with van der Waals surface area (Å²) in [6.07, 6.45) is 5.78. The molecular weight excluding hydrogens is 353 g/mol. The molecule has 1 aliphatic rings. The zero-order valence-corrected chi connectivity index (χ0v) is 14.9.